The van der Waals surface area contributed by atoms with Gasteiger partial charge in [0.25, 0.3) is 0 Å². The van der Waals surface area contributed by atoms with Gasteiger partial charge in [-0.05, 0) is 67.1 Å². The number of allylic oxidation sites excluding steroid dienone is 2. The molecule has 4 aliphatic carbocycles. The number of ether oxygens (including phenoxy) is 1. The molecule has 0 aromatic rings. The highest BCUT2D eigenvalue weighted by Crippen LogP contribution is 2.60. The van der Waals surface area contributed by atoms with Crippen molar-refractivity contribution >= 4 is 5.78 Å². The number of carbonyl (C=O) groups excluding carboxylic acids is 1. The van der Waals surface area contributed by atoms with Crippen molar-refractivity contribution < 1.29 is 14.6 Å². The molecular formula is C19H27NO3. The third kappa shape index (κ3) is 2.04. The number of nitrogens with two attached hydrogens (primary N) is 1. The highest BCUT2D eigenvalue weighted by molar-refractivity contribution is 5.87. The van der Waals surface area contributed by atoms with E-state index in [1.54, 1.807) is 0 Å². The molecule has 0 saturated heterocycles. The fraction of sp³-hybridized carbons (Fsp3) is 0.737. The Balaban J connectivity index is 1.67. The summed E-state index contributed by atoms with van der Waals surface area (Å²) in [6, 6.07) is -0.525. The smallest absolute Gasteiger partial charge is 0.204 e. The standard InChI is InChI=1S/C19H27NO3/c1-18-8-7-12-13(15(18)5-6-17(18)21)4-3-11-10-19(22,23-2)16(20)9-14(11)12/h9-10,12-13,15-16,22H,3-8,20H2,1-2H3/t12-,13+,15-,16?,18-,19?/m0/s1. The Hall–Kier alpha value is -0.970. The highest BCUT2D eigenvalue weighted by Gasteiger charge is 2.55. The lowest BCUT2D eigenvalue weighted by atomic mass is 9.54. The predicted octanol–water partition coefficient (Wildman–Crippen LogP) is 2.32. The minimum Gasteiger partial charge on any atom is -0.361 e. The van der Waals surface area contributed by atoms with Crippen LogP contribution in [0, 0.1) is 23.2 Å². The van der Waals surface area contributed by atoms with Crippen molar-refractivity contribution in [3.05, 3.63) is 23.3 Å². The van der Waals surface area contributed by atoms with Crippen molar-refractivity contribution in [1.82, 2.24) is 0 Å². The van der Waals surface area contributed by atoms with Crippen LogP contribution in [0.3, 0.4) is 0 Å². The lowest BCUT2D eigenvalue weighted by molar-refractivity contribution is -0.154. The largest absolute Gasteiger partial charge is 0.361 e. The third-order valence-electron chi connectivity index (χ3n) is 7.21. The number of carbonyl (C=O) groups is 1. The average molecular weight is 317 g/mol. The molecule has 0 aliphatic heterocycles. The van der Waals surface area contributed by atoms with Gasteiger partial charge in [0, 0.05) is 18.9 Å². The number of ketones is 1. The molecule has 2 unspecified atom stereocenters. The molecule has 126 valence electrons. The Morgan fingerprint density at radius 3 is 2.83 bits per heavy atom. The fourth-order valence-electron chi connectivity index (χ4n) is 5.79. The van der Waals surface area contributed by atoms with Crippen LogP contribution in [0.5, 0.6) is 0 Å². The van der Waals surface area contributed by atoms with Gasteiger partial charge in [-0.2, -0.15) is 0 Å². The number of fused-ring (bicyclic) bond motifs is 5. The van der Waals surface area contributed by atoms with Crippen molar-refractivity contribution in [2.75, 3.05) is 7.11 Å². The molecule has 6 atom stereocenters. The molecule has 0 spiro atoms. The van der Waals surface area contributed by atoms with E-state index in [1.807, 2.05) is 12.2 Å². The molecule has 0 amide bonds. The van der Waals surface area contributed by atoms with Crippen molar-refractivity contribution in [3.8, 4) is 0 Å². The van der Waals surface area contributed by atoms with Crippen LogP contribution in [0.2, 0.25) is 0 Å². The Morgan fingerprint density at radius 2 is 2.09 bits per heavy atom. The first-order valence-electron chi connectivity index (χ1n) is 8.89. The van der Waals surface area contributed by atoms with E-state index in [4.69, 9.17) is 10.5 Å². The lowest BCUT2D eigenvalue weighted by Gasteiger charge is -2.50. The molecule has 0 heterocycles. The van der Waals surface area contributed by atoms with Gasteiger partial charge < -0.3 is 15.6 Å². The monoisotopic (exact) mass is 317 g/mol. The van der Waals surface area contributed by atoms with E-state index in [-0.39, 0.29) is 5.41 Å². The number of methoxy groups -OCH3 is 1. The van der Waals surface area contributed by atoms with Gasteiger partial charge in [0.05, 0.1) is 6.04 Å². The summed E-state index contributed by atoms with van der Waals surface area (Å²) in [6.07, 6.45) is 9.78. The molecule has 3 fully saturated rings. The van der Waals surface area contributed by atoms with Gasteiger partial charge in [-0.1, -0.05) is 13.0 Å². The zero-order valence-corrected chi connectivity index (χ0v) is 14.0. The zero-order chi connectivity index (χ0) is 16.4. The third-order valence-corrected chi connectivity index (χ3v) is 7.21. The maximum atomic E-state index is 12.4. The molecular weight excluding hydrogens is 290 g/mol. The molecule has 0 radical (unpaired) electrons. The number of Topliss-reactive ketones (excluding diaryl/α,β-unsaturated/α-hetero) is 1. The second kappa shape index (κ2) is 5.01. The van der Waals surface area contributed by atoms with Gasteiger partial charge in [-0.3, -0.25) is 4.79 Å². The van der Waals surface area contributed by atoms with Crippen LogP contribution in [-0.2, 0) is 9.53 Å². The van der Waals surface area contributed by atoms with E-state index in [9.17, 15) is 9.90 Å². The van der Waals surface area contributed by atoms with E-state index < -0.39 is 11.8 Å². The molecule has 3 saturated carbocycles. The zero-order valence-electron chi connectivity index (χ0n) is 14.0. The predicted molar refractivity (Wildman–Crippen MR) is 87.4 cm³/mol. The van der Waals surface area contributed by atoms with Crippen LogP contribution in [0.25, 0.3) is 0 Å². The summed E-state index contributed by atoms with van der Waals surface area (Å²) >= 11 is 0. The van der Waals surface area contributed by atoms with Gasteiger partial charge in [0.1, 0.15) is 5.78 Å². The molecule has 0 aromatic heterocycles. The summed E-state index contributed by atoms with van der Waals surface area (Å²) in [5.74, 6) is 0.704. The van der Waals surface area contributed by atoms with Crippen molar-refractivity contribution in [2.24, 2.45) is 28.9 Å². The summed E-state index contributed by atoms with van der Waals surface area (Å²) < 4.78 is 5.24. The molecule has 4 nitrogen and oxygen atoms in total. The van der Waals surface area contributed by atoms with E-state index in [0.717, 1.165) is 38.5 Å². The first-order chi connectivity index (χ1) is 10.9. The van der Waals surface area contributed by atoms with Gasteiger partial charge in [-0.15, -0.1) is 0 Å². The van der Waals surface area contributed by atoms with Crippen LogP contribution >= 0.6 is 0 Å². The fourth-order valence-corrected chi connectivity index (χ4v) is 5.79. The van der Waals surface area contributed by atoms with E-state index >= 15 is 0 Å². The van der Waals surface area contributed by atoms with E-state index in [0.29, 0.717) is 23.5 Å². The van der Waals surface area contributed by atoms with Gasteiger partial charge in [0.15, 0.2) is 0 Å². The van der Waals surface area contributed by atoms with Crippen molar-refractivity contribution in [2.45, 2.75) is 57.3 Å². The Labute approximate surface area is 137 Å². The van der Waals surface area contributed by atoms with Crippen LogP contribution < -0.4 is 5.73 Å². The van der Waals surface area contributed by atoms with Gasteiger partial charge in [0.2, 0.25) is 5.79 Å². The van der Waals surface area contributed by atoms with Crippen LogP contribution in [0.15, 0.2) is 23.3 Å². The summed E-state index contributed by atoms with van der Waals surface area (Å²) in [5, 5.41) is 10.5. The molecule has 3 N–H and O–H groups in total. The van der Waals surface area contributed by atoms with Crippen molar-refractivity contribution in [3.63, 3.8) is 0 Å². The molecule has 0 bridgehead atoms. The average Bonchev–Trinajstić information content (AvgIpc) is 2.84. The van der Waals surface area contributed by atoms with E-state index in [1.165, 1.54) is 18.3 Å². The maximum absolute atomic E-state index is 12.4. The minimum atomic E-state index is -1.38. The summed E-state index contributed by atoms with van der Waals surface area (Å²) in [6.45, 7) is 2.19. The summed E-state index contributed by atoms with van der Waals surface area (Å²) in [7, 11) is 1.50. The Bertz CT molecular complexity index is 610. The minimum absolute atomic E-state index is 0.0903. The van der Waals surface area contributed by atoms with Gasteiger partial charge in [-0.25, -0.2) is 0 Å². The molecule has 4 aliphatic rings. The number of hydrogen-bond acceptors (Lipinski definition) is 4. The SMILES string of the molecule is COC1(O)C=C2CC[C@@H]3[C@H](CC[C@]4(C)C(=O)CC[C@@H]34)C2=CC1N. The first kappa shape index (κ1) is 15.6. The topological polar surface area (TPSA) is 72.5 Å². The van der Waals surface area contributed by atoms with Crippen LogP contribution in [0.1, 0.15) is 45.4 Å². The lowest BCUT2D eigenvalue weighted by Crippen LogP contribution is -2.51. The first-order valence-corrected chi connectivity index (χ1v) is 8.89. The second-order valence-electron chi connectivity index (χ2n) is 8.11. The normalized spacial score (nSPS) is 49.0. The number of rotatable bonds is 1. The molecule has 4 rings (SSSR count). The Kier molecular flexibility index (Phi) is 3.39. The summed E-state index contributed by atoms with van der Waals surface area (Å²) in [4.78, 5) is 12.4. The Morgan fingerprint density at radius 1 is 1.30 bits per heavy atom. The van der Waals surface area contributed by atoms with Crippen molar-refractivity contribution in [1.29, 1.82) is 0 Å². The maximum Gasteiger partial charge on any atom is 0.204 e. The second-order valence-corrected chi connectivity index (χ2v) is 8.11. The number of hydrogen-bond donors (Lipinski definition) is 2. The van der Waals surface area contributed by atoms with Crippen LogP contribution in [0.4, 0.5) is 0 Å². The van der Waals surface area contributed by atoms with E-state index in [2.05, 4.69) is 6.92 Å². The summed E-state index contributed by atoms with van der Waals surface area (Å²) in [5.41, 5.74) is 8.58. The number of aliphatic hydroxyl groups is 1. The molecule has 4 heteroatoms. The molecule has 23 heavy (non-hydrogen) atoms. The highest BCUT2D eigenvalue weighted by atomic mass is 16.6. The van der Waals surface area contributed by atoms with Crippen LogP contribution in [-0.4, -0.2) is 29.8 Å². The quantitative estimate of drug-likeness (QED) is 0.728. The van der Waals surface area contributed by atoms with Gasteiger partial charge >= 0.3 is 0 Å². The molecule has 0 aromatic carbocycles.